The highest BCUT2D eigenvalue weighted by atomic mass is 35.5. The number of benzene rings is 1. The maximum absolute atomic E-state index is 12.1. The zero-order chi connectivity index (χ0) is 16.0. The largest absolute Gasteiger partial charge is 0.345 e. The van der Waals surface area contributed by atoms with Gasteiger partial charge in [-0.2, -0.15) is 0 Å². The molecule has 0 fully saturated rings. The monoisotopic (exact) mass is 332 g/mol. The van der Waals surface area contributed by atoms with Crippen LogP contribution in [0.15, 0.2) is 24.3 Å². The highest BCUT2D eigenvalue weighted by Gasteiger charge is 2.21. The second-order valence-corrected chi connectivity index (χ2v) is 7.37. The molecule has 1 rings (SSSR count). The Labute approximate surface area is 128 Å². The lowest BCUT2D eigenvalue weighted by atomic mass is 10.2. The first-order valence-corrected chi connectivity index (χ1v) is 8.62. The number of amides is 2. The van der Waals surface area contributed by atoms with Gasteiger partial charge in [0.15, 0.2) is 0 Å². The molecule has 0 spiro atoms. The molecule has 2 N–H and O–H groups in total. The van der Waals surface area contributed by atoms with Crippen molar-refractivity contribution >= 4 is 38.9 Å². The summed E-state index contributed by atoms with van der Waals surface area (Å²) in [5.41, 5.74) is 0.474. The van der Waals surface area contributed by atoms with Crippen LogP contribution in [0.3, 0.4) is 0 Å². The normalized spacial score (nSPS) is 12.5. The molecule has 1 aromatic carbocycles. The van der Waals surface area contributed by atoms with Crippen LogP contribution in [0, 0.1) is 0 Å². The summed E-state index contributed by atoms with van der Waals surface area (Å²) >= 11 is 5.81. The lowest BCUT2D eigenvalue weighted by molar-refractivity contribution is -0.125. The van der Waals surface area contributed by atoms with E-state index in [9.17, 15) is 18.0 Å². The van der Waals surface area contributed by atoms with Gasteiger partial charge in [0.1, 0.15) is 15.9 Å². The van der Waals surface area contributed by atoms with E-state index in [0.717, 1.165) is 6.26 Å². The van der Waals surface area contributed by atoms with E-state index >= 15 is 0 Å². The van der Waals surface area contributed by atoms with Crippen LogP contribution >= 0.6 is 11.6 Å². The van der Waals surface area contributed by atoms with Crippen molar-refractivity contribution in [1.82, 2.24) is 5.32 Å². The second-order valence-electron chi connectivity index (χ2n) is 4.67. The lowest BCUT2D eigenvalue weighted by Crippen LogP contribution is -2.43. The molecule has 0 aliphatic heterocycles. The van der Waals surface area contributed by atoms with Gasteiger partial charge in [0.25, 0.3) is 0 Å². The van der Waals surface area contributed by atoms with E-state index in [2.05, 4.69) is 10.6 Å². The molecule has 0 heterocycles. The predicted octanol–water partition coefficient (Wildman–Crippen LogP) is 1.22. The van der Waals surface area contributed by atoms with Gasteiger partial charge >= 0.3 is 0 Å². The molecule has 116 valence electrons. The Morgan fingerprint density at radius 2 is 2.00 bits per heavy atom. The fourth-order valence-electron chi connectivity index (χ4n) is 1.64. The summed E-state index contributed by atoms with van der Waals surface area (Å²) in [6, 6.07) is 5.61. The summed E-state index contributed by atoms with van der Waals surface area (Å²) in [6.07, 6.45) is 1.08. The number of rotatable bonds is 6. The first-order valence-electron chi connectivity index (χ1n) is 6.18. The zero-order valence-corrected chi connectivity index (χ0v) is 13.3. The first-order chi connectivity index (χ1) is 9.67. The molecule has 0 aromatic heterocycles. The minimum atomic E-state index is -3.22. The van der Waals surface area contributed by atoms with E-state index in [1.165, 1.54) is 6.92 Å². The number of anilines is 1. The average Bonchev–Trinajstić information content (AvgIpc) is 2.32. The highest BCUT2D eigenvalue weighted by Crippen LogP contribution is 2.15. The molecule has 0 radical (unpaired) electrons. The van der Waals surface area contributed by atoms with Crippen molar-refractivity contribution in [2.24, 2.45) is 0 Å². The Bertz CT molecular complexity index is 631. The number of sulfone groups is 1. The molecule has 0 aliphatic carbocycles. The van der Waals surface area contributed by atoms with Gasteiger partial charge in [-0.05, 0) is 24.6 Å². The smallest absolute Gasteiger partial charge is 0.246 e. The SMILES string of the molecule is CC(=O)N[C@H](CCS(C)(=O)=O)C(=O)Nc1cccc(Cl)c1. The quantitative estimate of drug-likeness (QED) is 0.819. The van der Waals surface area contributed by atoms with Gasteiger partial charge in [-0.3, -0.25) is 9.59 Å². The Kier molecular flexibility index (Phi) is 6.17. The number of hydrogen-bond acceptors (Lipinski definition) is 4. The van der Waals surface area contributed by atoms with Crippen molar-refractivity contribution in [3.63, 3.8) is 0 Å². The van der Waals surface area contributed by atoms with Crippen LogP contribution in [0.4, 0.5) is 5.69 Å². The third-order valence-corrected chi connectivity index (χ3v) is 3.78. The lowest BCUT2D eigenvalue weighted by Gasteiger charge is -2.17. The van der Waals surface area contributed by atoms with Crippen LogP contribution in [-0.2, 0) is 19.4 Å². The number of nitrogens with one attached hydrogen (secondary N) is 2. The molecular weight excluding hydrogens is 316 g/mol. The number of halogens is 1. The molecule has 0 aliphatic rings. The van der Waals surface area contributed by atoms with Gasteiger partial charge in [0.2, 0.25) is 11.8 Å². The summed E-state index contributed by atoms with van der Waals surface area (Å²) < 4.78 is 22.4. The summed E-state index contributed by atoms with van der Waals surface area (Å²) in [5.74, 6) is -1.09. The summed E-state index contributed by atoms with van der Waals surface area (Å²) in [4.78, 5) is 23.2. The van der Waals surface area contributed by atoms with Crippen LogP contribution in [0.1, 0.15) is 13.3 Å². The van der Waals surface area contributed by atoms with Crippen molar-refractivity contribution in [2.45, 2.75) is 19.4 Å². The van der Waals surface area contributed by atoms with Crippen LogP contribution in [0.2, 0.25) is 5.02 Å². The van der Waals surface area contributed by atoms with Crippen molar-refractivity contribution in [1.29, 1.82) is 0 Å². The standard InChI is InChI=1S/C13H17ClN2O4S/c1-9(17)15-12(6-7-21(2,19)20)13(18)16-11-5-3-4-10(14)8-11/h3-5,8,12H,6-7H2,1-2H3,(H,15,17)(H,16,18)/t12-/m1/s1. The maximum Gasteiger partial charge on any atom is 0.246 e. The molecule has 1 atom stereocenters. The van der Waals surface area contributed by atoms with E-state index in [1.54, 1.807) is 24.3 Å². The molecular formula is C13H17ClN2O4S. The fourth-order valence-corrected chi connectivity index (χ4v) is 2.50. The Balaban J connectivity index is 2.77. The summed E-state index contributed by atoms with van der Waals surface area (Å²) in [6.45, 7) is 1.26. The molecule has 8 heteroatoms. The van der Waals surface area contributed by atoms with Crippen molar-refractivity contribution in [3.8, 4) is 0 Å². The van der Waals surface area contributed by atoms with E-state index in [0.29, 0.717) is 10.7 Å². The highest BCUT2D eigenvalue weighted by molar-refractivity contribution is 7.90. The van der Waals surface area contributed by atoms with Gasteiger partial charge in [-0.15, -0.1) is 0 Å². The third kappa shape index (κ3) is 7.10. The predicted molar refractivity (Wildman–Crippen MR) is 82.0 cm³/mol. The zero-order valence-electron chi connectivity index (χ0n) is 11.7. The minimum absolute atomic E-state index is 0.00477. The molecule has 0 unspecified atom stereocenters. The molecule has 6 nitrogen and oxygen atoms in total. The maximum atomic E-state index is 12.1. The second kappa shape index (κ2) is 7.42. The van der Waals surface area contributed by atoms with Crippen molar-refractivity contribution in [2.75, 3.05) is 17.3 Å². The Morgan fingerprint density at radius 1 is 1.33 bits per heavy atom. The van der Waals surface area contributed by atoms with Crippen LogP contribution in [0.5, 0.6) is 0 Å². The van der Waals surface area contributed by atoms with E-state index < -0.39 is 27.7 Å². The molecule has 2 amide bonds. The van der Waals surface area contributed by atoms with Gasteiger partial charge in [-0.1, -0.05) is 17.7 Å². The number of hydrogen-bond donors (Lipinski definition) is 2. The van der Waals surface area contributed by atoms with Gasteiger partial charge in [0.05, 0.1) is 5.75 Å². The fraction of sp³-hybridized carbons (Fsp3) is 0.385. The van der Waals surface area contributed by atoms with Crippen LogP contribution < -0.4 is 10.6 Å². The van der Waals surface area contributed by atoms with Gasteiger partial charge in [-0.25, -0.2) is 8.42 Å². The summed E-state index contributed by atoms with van der Waals surface area (Å²) in [5, 5.41) is 5.49. The topological polar surface area (TPSA) is 92.3 Å². The number of carbonyl (C=O) groups excluding carboxylic acids is 2. The van der Waals surface area contributed by atoms with Crippen molar-refractivity contribution in [3.05, 3.63) is 29.3 Å². The molecule has 0 saturated carbocycles. The van der Waals surface area contributed by atoms with Crippen molar-refractivity contribution < 1.29 is 18.0 Å². The minimum Gasteiger partial charge on any atom is -0.345 e. The third-order valence-electron chi connectivity index (χ3n) is 2.56. The van der Waals surface area contributed by atoms with Gasteiger partial charge < -0.3 is 10.6 Å². The first kappa shape index (κ1) is 17.5. The van der Waals surface area contributed by atoms with Crippen LogP contribution in [-0.4, -0.2) is 38.3 Å². The summed E-state index contributed by atoms with van der Waals surface area (Å²) in [7, 11) is -3.22. The average molecular weight is 333 g/mol. The molecule has 21 heavy (non-hydrogen) atoms. The van der Waals surface area contributed by atoms with Gasteiger partial charge in [0, 0.05) is 23.9 Å². The van der Waals surface area contributed by atoms with Crippen LogP contribution in [0.25, 0.3) is 0 Å². The number of carbonyl (C=O) groups is 2. The Hall–Kier alpha value is -1.60. The van der Waals surface area contributed by atoms with E-state index in [4.69, 9.17) is 11.6 Å². The van der Waals surface area contributed by atoms with E-state index in [-0.39, 0.29) is 12.2 Å². The van der Waals surface area contributed by atoms with E-state index in [1.807, 2.05) is 0 Å². The molecule has 1 aromatic rings. The molecule has 0 bridgehead atoms. The molecule has 0 saturated heterocycles. The Morgan fingerprint density at radius 3 is 2.52 bits per heavy atom.